The SMILES string of the molecule is CCOC(=O)c1cccc(Sc2cc(Br)cnc2Nc2nc3cccnc3s2)c1. The molecule has 0 atom stereocenters. The second kappa shape index (κ2) is 8.89. The van der Waals surface area contributed by atoms with Gasteiger partial charge in [0.15, 0.2) is 5.13 Å². The molecule has 6 nitrogen and oxygen atoms in total. The number of hydrogen-bond donors (Lipinski definition) is 1. The third kappa shape index (κ3) is 4.75. The third-order valence-electron chi connectivity index (χ3n) is 3.78. The van der Waals surface area contributed by atoms with E-state index >= 15 is 0 Å². The predicted molar refractivity (Wildman–Crippen MR) is 119 cm³/mol. The molecule has 0 amide bonds. The Hall–Kier alpha value is -2.49. The molecule has 4 rings (SSSR count). The van der Waals surface area contributed by atoms with E-state index in [9.17, 15) is 4.79 Å². The van der Waals surface area contributed by atoms with Crippen LogP contribution in [-0.4, -0.2) is 27.5 Å². The van der Waals surface area contributed by atoms with Gasteiger partial charge >= 0.3 is 5.97 Å². The summed E-state index contributed by atoms with van der Waals surface area (Å²) in [6.45, 7) is 2.13. The van der Waals surface area contributed by atoms with Gasteiger partial charge in [0.25, 0.3) is 0 Å². The summed E-state index contributed by atoms with van der Waals surface area (Å²) in [6.07, 6.45) is 3.48. The first-order valence-electron chi connectivity index (χ1n) is 8.71. The van der Waals surface area contributed by atoms with Gasteiger partial charge in [-0.15, -0.1) is 0 Å². The highest BCUT2D eigenvalue weighted by molar-refractivity contribution is 9.10. The molecule has 0 fully saturated rings. The highest BCUT2D eigenvalue weighted by Gasteiger charge is 2.13. The molecule has 9 heteroatoms. The molecule has 3 heterocycles. The van der Waals surface area contributed by atoms with E-state index in [1.54, 1.807) is 25.4 Å². The molecule has 0 aliphatic heterocycles. The summed E-state index contributed by atoms with van der Waals surface area (Å²) in [6, 6.07) is 13.1. The van der Waals surface area contributed by atoms with Crippen LogP contribution in [0.15, 0.2) is 69.1 Å². The molecule has 4 aromatic rings. The Bertz CT molecular complexity index is 1150. The molecule has 1 N–H and O–H groups in total. The minimum Gasteiger partial charge on any atom is -0.462 e. The Labute approximate surface area is 183 Å². The maximum Gasteiger partial charge on any atom is 0.338 e. The van der Waals surface area contributed by atoms with Crippen molar-refractivity contribution in [1.29, 1.82) is 0 Å². The van der Waals surface area contributed by atoms with Crippen LogP contribution in [0.3, 0.4) is 0 Å². The lowest BCUT2D eigenvalue weighted by molar-refractivity contribution is 0.0526. The van der Waals surface area contributed by atoms with Crippen LogP contribution in [0, 0.1) is 0 Å². The van der Waals surface area contributed by atoms with E-state index in [2.05, 4.69) is 36.2 Å². The summed E-state index contributed by atoms with van der Waals surface area (Å²) in [4.78, 5) is 28.1. The number of ether oxygens (including phenoxy) is 1. The summed E-state index contributed by atoms with van der Waals surface area (Å²) in [5, 5.41) is 4.01. The fourth-order valence-corrected chi connectivity index (χ4v) is 4.81. The van der Waals surface area contributed by atoms with Crippen LogP contribution in [0.25, 0.3) is 10.3 Å². The second-order valence-electron chi connectivity index (χ2n) is 5.82. The number of nitrogens with zero attached hydrogens (tertiary/aromatic N) is 3. The van der Waals surface area contributed by atoms with Gasteiger partial charge in [0.05, 0.1) is 17.1 Å². The van der Waals surface area contributed by atoms with Gasteiger partial charge in [-0.1, -0.05) is 29.2 Å². The lowest BCUT2D eigenvalue weighted by atomic mass is 10.2. The maximum absolute atomic E-state index is 12.0. The Kier molecular flexibility index (Phi) is 6.08. The van der Waals surface area contributed by atoms with E-state index < -0.39 is 0 Å². The summed E-state index contributed by atoms with van der Waals surface area (Å²) in [5.41, 5.74) is 1.36. The number of esters is 1. The largest absolute Gasteiger partial charge is 0.462 e. The number of aromatic nitrogens is 3. The molecule has 0 aliphatic rings. The van der Waals surface area contributed by atoms with Gasteiger partial charge in [0.2, 0.25) is 0 Å². The minimum atomic E-state index is -0.331. The molecule has 0 spiro atoms. The average molecular weight is 487 g/mol. The lowest BCUT2D eigenvalue weighted by Gasteiger charge is -2.10. The van der Waals surface area contributed by atoms with Crippen molar-refractivity contribution < 1.29 is 9.53 Å². The third-order valence-corrected chi connectivity index (χ3v) is 6.13. The van der Waals surface area contributed by atoms with E-state index in [-0.39, 0.29) is 5.97 Å². The fourth-order valence-electron chi connectivity index (χ4n) is 2.54. The molecule has 1 aromatic carbocycles. The quantitative estimate of drug-likeness (QED) is 0.338. The number of carbonyl (C=O) groups is 1. The second-order valence-corrected chi connectivity index (χ2v) is 8.83. The minimum absolute atomic E-state index is 0.331. The Morgan fingerprint density at radius 3 is 2.97 bits per heavy atom. The van der Waals surface area contributed by atoms with Crippen molar-refractivity contribution in [2.24, 2.45) is 0 Å². The molecule has 0 unspecified atom stereocenters. The Morgan fingerprint density at radius 1 is 1.24 bits per heavy atom. The fraction of sp³-hybridized carbons (Fsp3) is 0.100. The molecular formula is C20H15BrN4O2S2. The van der Waals surface area contributed by atoms with Gasteiger partial charge in [-0.3, -0.25) is 0 Å². The first-order valence-corrected chi connectivity index (χ1v) is 11.1. The number of anilines is 2. The number of hydrogen-bond acceptors (Lipinski definition) is 8. The molecule has 0 bridgehead atoms. The highest BCUT2D eigenvalue weighted by Crippen LogP contribution is 2.36. The number of benzene rings is 1. The van der Waals surface area contributed by atoms with E-state index in [0.29, 0.717) is 18.0 Å². The monoisotopic (exact) mass is 486 g/mol. The summed E-state index contributed by atoms with van der Waals surface area (Å²) >= 11 is 6.45. The van der Waals surface area contributed by atoms with Crippen molar-refractivity contribution in [3.05, 3.63) is 64.9 Å². The summed E-state index contributed by atoms with van der Waals surface area (Å²) < 4.78 is 5.95. The Morgan fingerprint density at radius 2 is 2.14 bits per heavy atom. The van der Waals surface area contributed by atoms with Crippen LogP contribution < -0.4 is 5.32 Å². The first kappa shape index (κ1) is 19.8. The maximum atomic E-state index is 12.0. The zero-order valence-electron chi connectivity index (χ0n) is 15.3. The van der Waals surface area contributed by atoms with Crippen molar-refractivity contribution in [3.63, 3.8) is 0 Å². The number of pyridine rings is 2. The van der Waals surface area contributed by atoms with Crippen molar-refractivity contribution in [3.8, 4) is 0 Å². The highest BCUT2D eigenvalue weighted by atomic mass is 79.9. The van der Waals surface area contributed by atoms with Gasteiger partial charge < -0.3 is 10.1 Å². The molecule has 0 radical (unpaired) electrons. The number of carbonyl (C=O) groups excluding carboxylic acids is 1. The molecular weight excluding hydrogens is 472 g/mol. The Balaban J connectivity index is 1.62. The van der Waals surface area contributed by atoms with Gasteiger partial charge in [0, 0.05) is 21.8 Å². The zero-order valence-corrected chi connectivity index (χ0v) is 18.5. The molecule has 29 heavy (non-hydrogen) atoms. The van der Waals surface area contributed by atoms with E-state index in [0.717, 1.165) is 29.7 Å². The summed E-state index contributed by atoms with van der Waals surface area (Å²) in [7, 11) is 0. The van der Waals surface area contributed by atoms with Crippen molar-refractivity contribution in [2.75, 3.05) is 11.9 Å². The topological polar surface area (TPSA) is 77.0 Å². The van der Waals surface area contributed by atoms with Crippen molar-refractivity contribution in [2.45, 2.75) is 16.7 Å². The van der Waals surface area contributed by atoms with Gasteiger partial charge in [0.1, 0.15) is 16.2 Å². The lowest BCUT2D eigenvalue weighted by Crippen LogP contribution is -2.04. The average Bonchev–Trinajstić information content (AvgIpc) is 3.13. The number of rotatable bonds is 6. The van der Waals surface area contributed by atoms with Crippen molar-refractivity contribution in [1.82, 2.24) is 15.0 Å². The van der Waals surface area contributed by atoms with Crippen LogP contribution >= 0.6 is 39.0 Å². The van der Waals surface area contributed by atoms with Crippen LogP contribution in [0.5, 0.6) is 0 Å². The molecule has 146 valence electrons. The van der Waals surface area contributed by atoms with Gasteiger partial charge in [-0.05, 0) is 59.3 Å². The number of fused-ring (bicyclic) bond motifs is 1. The van der Waals surface area contributed by atoms with Crippen LogP contribution in [0.2, 0.25) is 0 Å². The van der Waals surface area contributed by atoms with E-state index in [1.165, 1.54) is 23.1 Å². The van der Waals surface area contributed by atoms with Crippen LogP contribution in [0.4, 0.5) is 10.9 Å². The van der Waals surface area contributed by atoms with E-state index in [1.807, 2.05) is 36.4 Å². The smallest absolute Gasteiger partial charge is 0.338 e. The van der Waals surface area contributed by atoms with E-state index in [4.69, 9.17) is 4.74 Å². The standard InChI is InChI=1S/C20H15BrN4O2S2/c1-2-27-19(26)12-5-3-6-14(9-12)28-16-10-13(21)11-23-17(16)25-20-24-15-7-4-8-22-18(15)29-20/h3-11H,2H2,1H3,(H,23,24,25). The van der Waals surface area contributed by atoms with Crippen LogP contribution in [-0.2, 0) is 4.74 Å². The molecule has 0 aliphatic carbocycles. The van der Waals surface area contributed by atoms with Crippen LogP contribution in [0.1, 0.15) is 17.3 Å². The van der Waals surface area contributed by atoms with Gasteiger partial charge in [-0.25, -0.2) is 19.7 Å². The molecule has 3 aromatic heterocycles. The summed E-state index contributed by atoms with van der Waals surface area (Å²) in [5.74, 6) is 0.349. The van der Waals surface area contributed by atoms with Gasteiger partial charge in [-0.2, -0.15) is 0 Å². The molecule has 0 saturated heterocycles. The number of halogens is 1. The number of nitrogens with one attached hydrogen (secondary N) is 1. The predicted octanol–water partition coefficient (Wildman–Crippen LogP) is 5.92. The number of thiazole rings is 1. The van der Waals surface area contributed by atoms with Crippen molar-refractivity contribution >= 4 is 66.3 Å². The molecule has 0 saturated carbocycles. The normalized spacial score (nSPS) is 10.8. The first-order chi connectivity index (χ1) is 14.1. The zero-order chi connectivity index (χ0) is 20.2.